The van der Waals surface area contributed by atoms with Crippen LogP contribution in [0.25, 0.3) is 0 Å². The molecule has 0 aliphatic carbocycles. The van der Waals surface area contributed by atoms with Crippen LogP contribution in [0.4, 0.5) is 11.4 Å². The number of anilines is 2. The predicted molar refractivity (Wildman–Crippen MR) is 66.2 cm³/mol. The summed E-state index contributed by atoms with van der Waals surface area (Å²) in [4.78, 5) is 0. The van der Waals surface area contributed by atoms with E-state index in [-0.39, 0.29) is 11.7 Å². The smallest absolute Gasteiger partial charge is 0.235 e. The molecule has 2 N–H and O–H groups in total. The van der Waals surface area contributed by atoms with Gasteiger partial charge in [-0.2, -0.15) is 0 Å². The van der Waals surface area contributed by atoms with Crippen LogP contribution in [0.1, 0.15) is 6.92 Å². The minimum atomic E-state index is -3.18. The predicted octanol–water partition coefficient (Wildman–Crippen LogP) is 1.71. The van der Waals surface area contributed by atoms with E-state index in [0.717, 1.165) is 0 Å². The van der Waals surface area contributed by atoms with E-state index < -0.39 is 10.0 Å². The zero-order valence-electron chi connectivity index (χ0n) is 8.85. The average molecular weight is 261 g/mol. The van der Waals surface area contributed by atoms with Crippen LogP contribution in [-0.4, -0.2) is 20.7 Å². The molecule has 6 heteroatoms. The summed E-state index contributed by atoms with van der Waals surface area (Å²) in [6, 6.07) is 4.89. The first-order chi connectivity index (χ1) is 7.40. The first-order valence-corrected chi connectivity index (χ1v) is 6.94. The molecule has 0 aromatic heterocycles. The van der Waals surface area contributed by atoms with E-state index in [1.807, 2.05) is 6.92 Å². The van der Waals surface area contributed by atoms with Gasteiger partial charge in [-0.15, -0.1) is 0 Å². The molecule has 1 heterocycles. The van der Waals surface area contributed by atoms with E-state index in [1.54, 1.807) is 18.2 Å². The molecule has 16 heavy (non-hydrogen) atoms. The number of rotatable bonds is 1. The molecule has 1 unspecified atom stereocenters. The number of hydrogen-bond acceptors (Lipinski definition) is 3. The highest BCUT2D eigenvalue weighted by Crippen LogP contribution is 2.30. The van der Waals surface area contributed by atoms with Crippen molar-refractivity contribution in [3.63, 3.8) is 0 Å². The van der Waals surface area contributed by atoms with Crippen molar-refractivity contribution >= 4 is 33.0 Å². The molecule has 1 aromatic carbocycles. The van der Waals surface area contributed by atoms with Gasteiger partial charge in [-0.1, -0.05) is 18.5 Å². The normalized spacial score (nSPS) is 23.6. The third kappa shape index (κ3) is 1.97. The molecule has 1 aliphatic rings. The number of nitrogen functional groups attached to an aromatic ring is 1. The van der Waals surface area contributed by atoms with Gasteiger partial charge in [0.15, 0.2) is 0 Å². The molecular formula is C10H13ClN2O2S. The van der Waals surface area contributed by atoms with E-state index >= 15 is 0 Å². The minimum Gasteiger partial charge on any atom is -0.397 e. The molecule has 1 aromatic rings. The SMILES string of the molecule is CC1CN(c2ccc(Cl)c(N)c2)S(=O)(=O)C1. The van der Waals surface area contributed by atoms with Gasteiger partial charge in [0.1, 0.15) is 0 Å². The fourth-order valence-corrected chi connectivity index (χ4v) is 3.89. The van der Waals surface area contributed by atoms with E-state index in [4.69, 9.17) is 17.3 Å². The van der Waals surface area contributed by atoms with Crippen LogP contribution in [0.2, 0.25) is 5.02 Å². The van der Waals surface area contributed by atoms with E-state index in [1.165, 1.54) is 4.31 Å². The van der Waals surface area contributed by atoms with Crippen molar-refractivity contribution in [2.75, 3.05) is 22.3 Å². The summed E-state index contributed by atoms with van der Waals surface area (Å²) in [5.74, 6) is 0.331. The Morgan fingerprint density at radius 1 is 1.50 bits per heavy atom. The maximum absolute atomic E-state index is 11.8. The van der Waals surface area contributed by atoms with Gasteiger partial charge in [-0.05, 0) is 24.1 Å². The summed E-state index contributed by atoms with van der Waals surface area (Å²) in [5.41, 5.74) is 6.64. The van der Waals surface area contributed by atoms with Gasteiger partial charge < -0.3 is 5.73 Å². The number of benzene rings is 1. The van der Waals surface area contributed by atoms with Crippen molar-refractivity contribution < 1.29 is 8.42 Å². The molecule has 1 aliphatic heterocycles. The Hall–Kier alpha value is -0.940. The van der Waals surface area contributed by atoms with Gasteiger partial charge in [-0.3, -0.25) is 4.31 Å². The lowest BCUT2D eigenvalue weighted by Crippen LogP contribution is -2.25. The second-order valence-corrected chi connectivity index (χ2v) is 6.47. The molecule has 0 saturated carbocycles. The molecule has 2 rings (SSSR count). The van der Waals surface area contributed by atoms with Crippen molar-refractivity contribution in [2.45, 2.75) is 6.92 Å². The van der Waals surface area contributed by atoms with Gasteiger partial charge in [-0.25, -0.2) is 8.42 Å². The Labute approximate surface area is 100 Å². The van der Waals surface area contributed by atoms with Crippen molar-refractivity contribution in [1.29, 1.82) is 0 Å². The lowest BCUT2D eigenvalue weighted by atomic mass is 10.2. The van der Waals surface area contributed by atoms with Crippen LogP contribution in [0.15, 0.2) is 18.2 Å². The zero-order chi connectivity index (χ0) is 11.9. The summed E-state index contributed by atoms with van der Waals surface area (Å²) in [6.45, 7) is 2.42. The Morgan fingerprint density at radius 2 is 2.19 bits per heavy atom. The molecule has 88 valence electrons. The lowest BCUT2D eigenvalue weighted by Gasteiger charge is -2.17. The molecular weight excluding hydrogens is 248 g/mol. The number of nitrogens with zero attached hydrogens (tertiary/aromatic N) is 1. The minimum absolute atomic E-state index is 0.141. The summed E-state index contributed by atoms with van der Waals surface area (Å²) in [6.07, 6.45) is 0. The molecule has 0 bridgehead atoms. The highest BCUT2D eigenvalue weighted by Gasteiger charge is 2.33. The quantitative estimate of drug-likeness (QED) is 0.782. The maximum atomic E-state index is 11.8. The van der Waals surface area contributed by atoms with E-state index in [9.17, 15) is 8.42 Å². The molecule has 0 radical (unpaired) electrons. The number of halogens is 1. The van der Waals surface area contributed by atoms with Crippen LogP contribution in [-0.2, 0) is 10.0 Å². The van der Waals surface area contributed by atoms with Gasteiger partial charge in [0.25, 0.3) is 0 Å². The highest BCUT2D eigenvalue weighted by molar-refractivity contribution is 7.93. The number of sulfonamides is 1. The summed E-state index contributed by atoms with van der Waals surface area (Å²) in [5, 5.41) is 0.438. The van der Waals surface area contributed by atoms with Crippen molar-refractivity contribution in [1.82, 2.24) is 0 Å². The van der Waals surface area contributed by atoms with Crippen LogP contribution in [0.5, 0.6) is 0 Å². The van der Waals surface area contributed by atoms with Gasteiger partial charge in [0, 0.05) is 6.54 Å². The Morgan fingerprint density at radius 3 is 2.69 bits per heavy atom. The first-order valence-electron chi connectivity index (χ1n) is 4.95. The van der Waals surface area contributed by atoms with Crippen molar-refractivity contribution in [2.24, 2.45) is 5.92 Å². The zero-order valence-corrected chi connectivity index (χ0v) is 10.4. The van der Waals surface area contributed by atoms with Crippen LogP contribution >= 0.6 is 11.6 Å². The topological polar surface area (TPSA) is 63.4 Å². The Balaban J connectivity index is 2.42. The molecule has 4 nitrogen and oxygen atoms in total. The monoisotopic (exact) mass is 260 g/mol. The molecule has 0 amide bonds. The van der Waals surface area contributed by atoms with Crippen LogP contribution in [0.3, 0.4) is 0 Å². The van der Waals surface area contributed by atoms with Gasteiger partial charge in [0.2, 0.25) is 10.0 Å². The Kier molecular flexibility index (Phi) is 2.75. The second-order valence-electron chi connectivity index (χ2n) is 4.12. The highest BCUT2D eigenvalue weighted by atomic mass is 35.5. The average Bonchev–Trinajstić information content (AvgIpc) is 2.44. The second kappa shape index (κ2) is 3.82. The van der Waals surface area contributed by atoms with E-state index in [0.29, 0.717) is 22.9 Å². The molecule has 1 fully saturated rings. The fraction of sp³-hybridized carbons (Fsp3) is 0.400. The van der Waals surface area contributed by atoms with Crippen molar-refractivity contribution in [3.8, 4) is 0 Å². The number of hydrogen-bond donors (Lipinski definition) is 1. The maximum Gasteiger partial charge on any atom is 0.235 e. The third-order valence-electron chi connectivity index (χ3n) is 2.58. The lowest BCUT2D eigenvalue weighted by molar-refractivity contribution is 0.598. The summed E-state index contributed by atoms with van der Waals surface area (Å²) in [7, 11) is -3.18. The molecule has 0 spiro atoms. The largest absolute Gasteiger partial charge is 0.397 e. The Bertz CT molecular complexity index is 516. The van der Waals surface area contributed by atoms with Crippen LogP contribution in [0, 0.1) is 5.92 Å². The van der Waals surface area contributed by atoms with Crippen molar-refractivity contribution in [3.05, 3.63) is 23.2 Å². The third-order valence-corrected chi connectivity index (χ3v) is 4.94. The summed E-state index contributed by atoms with van der Waals surface area (Å²) >= 11 is 5.79. The van der Waals surface area contributed by atoms with Crippen LogP contribution < -0.4 is 10.0 Å². The van der Waals surface area contributed by atoms with E-state index in [2.05, 4.69) is 0 Å². The fourth-order valence-electron chi connectivity index (χ4n) is 1.85. The molecule has 1 saturated heterocycles. The summed E-state index contributed by atoms with van der Waals surface area (Å²) < 4.78 is 25.0. The van der Waals surface area contributed by atoms with Gasteiger partial charge in [0.05, 0.1) is 22.2 Å². The van der Waals surface area contributed by atoms with Gasteiger partial charge >= 0.3 is 0 Å². The molecule has 1 atom stereocenters. The standard InChI is InChI=1S/C10H13ClN2O2S/c1-7-5-13(16(14,15)6-7)8-2-3-9(11)10(12)4-8/h2-4,7H,5-6,12H2,1H3. The first kappa shape index (κ1) is 11.5. The number of nitrogens with two attached hydrogens (primary N) is 1.